The van der Waals surface area contributed by atoms with Crippen LogP contribution in [0.3, 0.4) is 0 Å². The summed E-state index contributed by atoms with van der Waals surface area (Å²) in [5, 5.41) is 23.9. The maximum absolute atomic E-state index is 10.1. The summed E-state index contributed by atoms with van der Waals surface area (Å²) < 4.78 is 34.6. The summed E-state index contributed by atoms with van der Waals surface area (Å²) >= 11 is 0. The van der Waals surface area contributed by atoms with Crippen LogP contribution in [0.25, 0.3) is 0 Å². The van der Waals surface area contributed by atoms with E-state index in [4.69, 9.17) is 0 Å². The lowest BCUT2D eigenvalue weighted by Crippen LogP contribution is -2.36. The minimum absolute atomic E-state index is 0.0914. The van der Waals surface area contributed by atoms with Gasteiger partial charge < -0.3 is 20.1 Å². The van der Waals surface area contributed by atoms with Crippen molar-refractivity contribution in [3.05, 3.63) is 24.3 Å². The van der Waals surface area contributed by atoms with Crippen LogP contribution in [-0.2, 0) is 14.6 Å². The van der Waals surface area contributed by atoms with E-state index in [1.165, 1.54) is 155 Å². The number of nitrogens with zero attached hydrogens (tertiary/aromatic N) is 2. The zero-order valence-electron chi connectivity index (χ0n) is 35.6. The lowest BCUT2D eigenvalue weighted by atomic mass is 10.1. The summed E-state index contributed by atoms with van der Waals surface area (Å²) in [6.07, 6.45) is 40.4. The Labute approximate surface area is 334 Å². The second kappa shape index (κ2) is 38.6. The highest BCUT2D eigenvalue weighted by Crippen LogP contribution is 2.14. The highest BCUT2D eigenvalue weighted by Gasteiger charge is 2.28. The number of rotatable bonds is 37. The van der Waals surface area contributed by atoms with Gasteiger partial charge in [0, 0.05) is 13.0 Å². The third kappa shape index (κ3) is 35.1. The highest BCUT2D eigenvalue weighted by molar-refractivity contribution is 7.80. The first-order chi connectivity index (χ1) is 26.2. The van der Waals surface area contributed by atoms with Gasteiger partial charge >= 0.3 is 0 Å². The molecule has 0 spiro atoms. The molecule has 0 aliphatic carbocycles. The summed E-state index contributed by atoms with van der Waals surface area (Å²) in [4.78, 5) is 2.66. The summed E-state index contributed by atoms with van der Waals surface area (Å²) in [7, 11) is -4.42. The number of aliphatic hydroxyl groups excluding tert-OH is 2. The normalized spacial score (nSPS) is 14.8. The number of likely N-dealkylation sites (N-methyl/N-ethyl adjacent to an activating group) is 1. The van der Waals surface area contributed by atoms with Gasteiger partial charge in [-0.3, -0.25) is 13.7 Å². The molecule has 320 valence electrons. The zero-order valence-corrected chi connectivity index (χ0v) is 36.4. The number of unbranched alkanes of at least 4 members (excludes halogenated alkanes) is 17. The first kappa shape index (κ1) is 52.7. The van der Waals surface area contributed by atoms with Gasteiger partial charge in [0.15, 0.2) is 0 Å². The van der Waals surface area contributed by atoms with Gasteiger partial charge in [0.05, 0.1) is 31.9 Å². The van der Waals surface area contributed by atoms with Crippen molar-refractivity contribution in [3.63, 3.8) is 0 Å². The van der Waals surface area contributed by atoms with Gasteiger partial charge in [-0.1, -0.05) is 134 Å². The van der Waals surface area contributed by atoms with E-state index in [9.17, 15) is 23.2 Å². The van der Waals surface area contributed by atoms with Crippen LogP contribution in [0.4, 0.5) is 0 Å². The maximum atomic E-state index is 10.1. The van der Waals surface area contributed by atoms with E-state index in [-0.39, 0.29) is 18.8 Å². The van der Waals surface area contributed by atoms with E-state index in [0.29, 0.717) is 0 Å². The highest BCUT2D eigenvalue weighted by atomic mass is 32.3. The third-order valence-electron chi connectivity index (χ3n) is 10.2. The molecule has 3 N–H and O–H groups in total. The second-order valence-corrected chi connectivity index (χ2v) is 16.2. The quantitative estimate of drug-likeness (QED) is 0.0187. The molecule has 1 rings (SSSR count). The van der Waals surface area contributed by atoms with Gasteiger partial charge in [0.1, 0.15) is 13.1 Å². The molecule has 0 fully saturated rings. The molecule has 0 aromatic carbocycles. The van der Waals surface area contributed by atoms with Crippen LogP contribution < -0.4 is 5.32 Å². The lowest BCUT2D eigenvalue weighted by Gasteiger charge is -2.14. The summed E-state index contributed by atoms with van der Waals surface area (Å²) in [6, 6.07) is 0. The van der Waals surface area contributed by atoms with Crippen LogP contribution in [0, 0.1) is 0 Å². The van der Waals surface area contributed by atoms with Crippen molar-refractivity contribution in [3.8, 4) is 0 Å². The number of hydrogen-bond donors (Lipinski definition) is 3. The first-order valence-electron chi connectivity index (χ1n) is 22.5. The van der Waals surface area contributed by atoms with E-state index < -0.39 is 10.4 Å². The molecule has 0 saturated heterocycles. The lowest BCUT2D eigenvalue weighted by molar-refractivity contribution is -0.515. The fourth-order valence-electron chi connectivity index (χ4n) is 6.97. The van der Waals surface area contributed by atoms with Gasteiger partial charge in [-0.15, -0.1) is 0 Å². The van der Waals surface area contributed by atoms with Crippen LogP contribution in [0.1, 0.15) is 195 Å². The van der Waals surface area contributed by atoms with Crippen molar-refractivity contribution < 1.29 is 31.9 Å². The van der Waals surface area contributed by atoms with Crippen molar-refractivity contribution in [2.45, 2.75) is 207 Å². The number of amidine groups is 1. The molecule has 54 heavy (non-hydrogen) atoms. The molecular formula is C44H87N3O6S. The molecule has 1 aliphatic rings. The molecule has 9 nitrogen and oxygen atoms in total. The first-order valence-corrected chi connectivity index (χ1v) is 23.8. The second-order valence-electron chi connectivity index (χ2n) is 15.2. The van der Waals surface area contributed by atoms with Crippen LogP contribution >= 0.6 is 0 Å². The zero-order chi connectivity index (χ0) is 40.0. The van der Waals surface area contributed by atoms with E-state index in [1.54, 1.807) is 5.84 Å². The van der Waals surface area contributed by atoms with Gasteiger partial charge in [0.2, 0.25) is 16.2 Å². The smallest absolute Gasteiger partial charge is 0.247 e. The van der Waals surface area contributed by atoms with E-state index in [1.807, 2.05) is 0 Å². The Morgan fingerprint density at radius 3 is 1.69 bits per heavy atom. The van der Waals surface area contributed by atoms with E-state index >= 15 is 0 Å². The fraction of sp³-hybridized carbons (Fsp3) is 0.886. The maximum Gasteiger partial charge on any atom is 0.247 e. The molecule has 2 unspecified atom stereocenters. The molecule has 1 aliphatic heterocycles. The Kier molecular flexibility index (Phi) is 37.6. The monoisotopic (exact) mass is 786 g/mol. The van der Waals surface area contributed by atoms with Gasteiger partial charge in [-0.2, -0.15) is 0 Å². The van der Waals surface area contributed by atoms with Crippen LogP contribution in [0.5, 0.6) is 0 Å². The molecular weight excluding hydrogens is 699 g/mol. The Balaban J connectivity index is 0.00000363. The molecule has 0 radical (unpaired) electrons. The standard InChI is InChI=1S/C42H82N3O2.C2H6O4S/c1-4-7-9-24-30-40(46)32-26-20-16-12-11-15-19-23-29-35-43-36-37-45-39-38-44(6-3)42(45)34-28-22-18-14-13-17-21-27-33-41(47)31-25-10-8-5-2;1-2-6-7(3,4)5/h20-21,26-27,40-41,43,46-47H,4-19,22-25,28-39H2,1-3H3;2H2,1H3,(H,3,4,5)/q+1;/p-1/b26-20-,27-21-;. The number of hydrogen-bond acceptors (Lipinski definition) is 8. The topological polar surface area (TPSA) is 125 Å². The van der Waals surface area contributed by atoms with Crippen molar-refractivity contribution in [2.24, 2.45) is 0 Å². The summed E-state index contributed by atoms with van der Waals surface area (Å²) in [5.74, 6) is 1.60. The van der Waals surface area contributed by atoms with E-state index in [0.717, 1.165) is 58.3 Å². The molecule has 2 atom stereocenters. The third-order valence-corrected chi connectivity index (χ3v) is 10.8. The fourth-order valence-corrected chi connectivity index (χ4v) is 7.26. The molecule has 1 heterocycles. The minimum atomic E-state index is -4.42. The Morgan fingerprint density at radius 2 is 1.20 bits per heavy atom. The SMILES string of the molecule is CCCCCCC(O)C/C=C\CCCCCCCCNCCN1CC[N+](CC)=C1CCCCCCC/C=C\CC(O)CCCCCC.CCOS(=O)(=O)[O-]. The molecule has 0 aromatic heterocycles. The molecule has 0 bridgehead atoms. The van der Waals surface area contributed by atoms with E-state index in [2.05, 4.69) is 64.1 Å². The average Bonchev–Trinajstić information content (AvgIpc) is 3.53. The number of allylic oxidation sites excluding steroid dienone is 2. The van der Waals surface area contributed by atoms with Gasteiger partial charge in [-0.05, 0) is 84.6 Å². The largest absolute Gasteiger partial charge is 0.726 e. The Morgan fingerprint density at radius 1 is 0.704 bits per heavy atom. The molecule has 10 heteroatoms. The van der Waals surface area contributed by atoms with Gasteiger partial charge in [0.25, 0.3) is 0 Å². The number of nitrogens with one attached hydrogen (secondary N) is 1. The Bertz CT molecular complexity index is 1020. The molecule has 0 saturated carbocycles. The predicted molar refractivity (Wildman–Crippen MR) is 228 cm³/mol. The van der Waals surface area contributed by atoms with Crippen molar-refractivity contribution >= 4 is 16.2 Å². The Hall–Kier alpha value is -1.30. The number of aliphatic hydroxyl groups is 2. The molecule has 0 aromatic rings. The predicted octanol–water partition coefficient (Wildman–Crippen LogP) is 9.82. The van der Waals surface area contributed by atoms with Crippen LogP contribution in [-0.4, -0.2) is 96.6 Å². The van der Waals surface area contributed by atoms with Crippen LogP contribution in [0.2, 0.25) is 0 Å². The van der Waals surface area contributed by atoms with Crippen molar-refractivity contribution in [1.82, 2.24) is 10.2 Å². The summed E-state index contributed by atoms with van der Waals surface area (Å²) in [5.41, 5.74) is 0. The molecule has 0 amide bonds. The summed E-state index contributed by atoms with van der Waals surface area (Å²) in [6.45, 7) is 15.0. The van der Waals surface area contributed by atoms with Crippen molar-refractivity contribution in [1.29, 1.82) is 0 Å². The minimum Gasteiger partial charge on any atom is -0.726 e. The average molecular weight is 786 g/mol. The van der Waals surface area contributed by atoms with Crippen molar-refractivity contribution in [2.75, 3.05) is 45.9 Å². The van der Waals surface area contributed by atoms with Crippen LogP contribution in [0.15, 0.2) is 24.3 Å². The van der Waals surface area contributed by atoms with Gasteiger partial charge in [-0.25, -0.2) is 8.42 Å².